The van der Waals surface area contributed by atoms with Crippen LogP contribution in [0.15, 0.2) is 30.3 Å². The summed E-state index contributed by atoms with van der Waals surface area (Å²) in [4.78, 5) is 0. The first kappa shape index (κ1) is 15.0. The van der Waals surface area contributed by atoms with Gasteiger partial charge in [-0.2, -0.15) is 13.2 Å². The minimum atomic E-state index is -4.32. The number of benzene rings is 1. The maximum atomic E-state index is 13.0. The van der Waals surface area contributed by atoms with Crippen LogP contribution >= 0.6 is 0 Å². The quantitative estimate of drug-likeness (QED) is 0.848. The Morgan fingerprint density at radius 3 is 2.33 bits per heavy atom. The van der Waals surface area contributed by atoms with Gasteiger partial charge in [0.05, 0.1) is 6.61 Å². The third-order valence-corrected chi connectivity index (χ3v) is 2.48. The second-order valence-corrected chi connectivity index (χ2v) is 4.11. The molecule has 0 spiro atoms. The standard InChI is InChI=1S/C13H18F3NO/c1-3-18-9-10(2)17-12(13(14,15)16)11-7-5-4-6-8-11/h4-8,10,12,17H,3,9H2,1-2H3. The Morgan fingerprint density at radius 1 is 1.22 bits per heavy atom. The maximum absolute atomic E-state index is 13.0. The Kier molecular flexibility index (Phi) is 5.62. The molecule has 1 N–H and O–H groups in total. The molecule has 18 heavy (non-hydrogen) atoms. The zero-order chi connectivity index (χ0) is 13.6. The fourth-order valence-electron chi connectivity index (χ4n) is 1.65. The number of rotatable bonds is 6. The van der Waals surface area contributed by atoms with E-state index in [2.05, 4.69) is 5.32 Å². The molecule has 1 aromatic carbocycles. The van der Waals surface area contributed by atoms with Crippen LogP contribution in [0.1, 0.15) is 25.5 Å². The molecule has 102 valence electrons. The predicted octanol–water partition coefficient (Wildman–Crippen LogP) is 3.30. The monoisotopic (exact) mass is 261 g/mol. The first-order valence-electron chi connectivity index (χ1n) is 5.90. The van der Waals surface area contributed by atoms with Crippen LogP contribution in [0.5, 0.6) is 0 Å². The number of nitrogens with one attached hydrogen (secondary N) is 1. The van der Waals surface area contributed by atoms with Crippen LogP contribution in [0.25, 0.3) is 0 Å². The Hall–Kier alpha value is -1.07. The van der Waals surface area contributed by atoms with Crippen molar-refractivity contribution in [3.05, 3.63) is 35.9 Å². The van der Waals surface area contributed by atoms with Crippen LogP contribution < -0.4 is 5.32 Å². The summed E-state index contributed by atoms with van der Waals surface area (Å²) in [7, 11) is 0. The van der Waals surface area contributed by atoms with Crippen LogP contribution in [0.2, 0.25) is 0 Å². The zero-order valence-electron chi connectivity index (χ0n) is 10.5. The molecule has 0 aliphatic carbocycles. The molecule has 0 heterocycles. The second-order valence-electron chi connectivity index (χ2n) is 4.11. The first-order valence-corrected chi connectivity index (χ1v) is 5.90. The van der Waals surface area contributed by atoms with Gasteiger partial charge in [-0.3, -0.25) is 5.32 Å². The number of halogens is 3. The normalized spacial score (nSPS) is 15.4. The highest BCUT2D eigenvalue weighted by molar-refractivity contribution is 5.20. The van der Waals surface area contributed by atoms with Gasteiger partial charge in [0.15, 0.2) is 0 Å². The van der Waals surface area contributed by atoms with Crippen molar-refractivity contribution in [1.29, 1.82) is 0 Å². The minimum absolute atomic E-state index is 0.216. The molecule has 0 aliphatic heterocycles. The third kappa shape index (κ3) is 4.66. The van der Waals surface area contributed by atoms with Crippen molar-refractivity contribution in [3.8, 4) is 0 Å². The van der Waals surface area contributed by atoms with Gasteiger partial charge in [-0.25, -0.2) is 0 Å². The smallest absolute Gasteiger partial charge is 0.380 e. The highest BCUT2D eigenvalue weighted by Crippen LogP contribution is 2.32. The lowest BCUT2D eigenvalue weighted by molar-refractivity contribution is -0.160. The van der Waals surface area contributed by atoms with Crippen molar-refractivity contribution >= 4 is 0 Å². The Labute approximate surface area is 105 Å². The van der Waals surface area contributed by atoms with E-state index < -0.39 is 12.2 Å². The van der Waals surface area contributed by atoms with Crippen LogP contribution in [0.4, 0.5) is 13.2 Å². The van der Waals surface area contributed by atoms with Crippen LogP contribution in [-0.4, -0.2) is 25.4 Å². The van der Waals surface area contributed by atoms with Crippen molar-refractivity contribution in [2.45, 2.75) is 32.1 Å². The molecule has 0 amide bonds. The van der Waals surface area contributed by atoms with Crippen LogP contribution in [0.3, 0.4) is 0 Å². The first-order chi connectivity index (χ1) is 8.45. The van der Waals surface area contributed by atoms with Gasteiger partial charge in [0.2, 0.25) is 0 Å². The molecule has 2 nitrogen and oxygen atoms in total. The molecule has 1 rings (SSSR count). The van der Waals surface area contributed by atoms with E-state index in [1.165, 1.54) is 12.1 Å². The fraction of sp³-hybridized carbons (Fsp3) is 0.538. The SMILES string of the molecule is CCOCC(C)NC(c1ccccc1)C(F)(F)F. The molecule has 0 saturated heterocycles. The van der Waals surface area contributed by atoms with E-state index in [4.69, 9.17) is 4.74 Å². The summed E-state index contributed by atoms with van der Waals surface area (Å²) < 4.78 is 44.1. The van der Waals surface area contributed by atoms with Gasteiger partial charge in [0.25, 0.3) is 0 Å². The number of hydrogen-bond donors (Lipinski definition) is 1. The van der Waals surface area contributed by atoms with E-state index in [0.717, 1.165) is 0 Å². The summed E-state index contributed by atoms with van der Waals surface area (Å²) >= 11 is 0. The molecule has 0 fully saturated rings. The second kappa shape index (κ2) is 6.75. The molecule has 5 heteroatoms. The molecule has 2 unspecified atom stereocenters. The lowest BCUT2D eigenvalue weighted by atomic mass is 10.1. The molecule has 0 saturated carbocycles. The van der Waals surface area contributed by atoms with Crippen molar-refractivity contribution in [1.82, 2.24) is 5.32 Å². The average Bonchev–Trinajstić information content (AvgIpc) is 2.33. The minimum Gasteiger partial charge on any atom is -0.380 e. The predicted molar refractivity (Wildman–Crippen MR) is 64.3 cm³/mol. The van der Waals surface area contributed by atoms with Gasteiger partial charge in [0, 0.05) is 12.6 Å². The highest BCUT2D eigenvalue weighted by Gasteiger charge is 2.41. The summed E-state index contributed by atoms with van der Waals surface area (Å²) in [5.74, 6) is 0. The topological polar surface area (TPSA) is 21.3 Å². The molecule has 0 bridgehead atoms. The van der Waals surface area contributed by atoms with Gasteiger partial charge in [0.1, 0.15) is 6.04 Å². The summed E-state index contributed by atoms with van der Waals surface area (Å²) in [5, 5.41) is 2.56. The molecule has 2 atom stereocenters. The van der Waals surface area contributed by atoms with Gasteiger partial charge in [-0.05, 0) is 19.4 Å². The van der Waals surface area contributed by atoms with E-state index in [1.807, 2.05) is 6.92 Å². The lowest BCUT2D eigenvalue weighted by Crippen LogP contribution is -2.41. The molecule has 0 aliphatic rings. The van der Waals surface area contributed by atoms with E-state index in [9.17, 15) is 13.2 Å². The van der Waals surface area contributed by atoms with Crippen molar-refractivity contribution < 1.29 is 17.9 Å². The van der Waals surface area contributed by atoms with Crippen molar-refractivity contribution in [2.24, 2.45) is 0 Å². The van der Waals surface area contributed by atoms with Gasteiger partial charge in [-0.1, -0.05) is 30.3 Å². The van der Waals surface area contributed by atoms with E-state index >= 15 is 0 Å². The van der Waals surface area contributed by atoms with Crippen LogP contribution in [-0.2, 0) is 4.74 Å². The molecular weight excluding hydrogens is 243 g/mol. The van der Waals surface area contributed by atoms with E-state index in [-0.39, 0.29) is 18.2 Å². The van der Waals surface area contributed by atoms with E-state index in [1.54, 1.807) is 25.1 Å². The number of ether oxygens (including phenoxy) is 1. The summed E-state index contributed by atoms with van der Waals surface area (Å²) in [5.41, 5.74) is 0.216. The summed E-state index contributed by atoms with van der Waals surface area (Å²) in [6.45, 7) is 4.24. The Balaban J connectivity index is 2.75. The molecule has 0 aromatic heterocycles. The lowest BCUT2D eigenvalue weighted by Gasteiger charge is -2.25. The summed E-state index contributed by atoms with van der Waals surface area (Å²) in [6.07, 6.45) is -4.32. The molecule has 0 radical (unpaired) electrons. The number of alkyl halides is 3. The Morgan fingerprint density at radius 2 is 1.83 bits per heavy atom. The third-order valence-electron chi connectivity index (χ3n) is 2.48. The largest absolute Gasteiger partial charge is 0.407 e. The van der Waals surface area contributed by atoms with Gasteiger partial charge < -0.3 is 4.74 Å². The van der Waals surface area contributed by atoms with Crippen LogP contribution in [0, 0.1) is 0 Å². The molecular formula is C13H18F3NO. The fourth-order valence-corrected chi connectivity index (χ4v) is 1.65. The average molecular weight is 261 g/mol. The van der Waals surface area contributed by atoms with Crippen molar-refractivity contribution in [2.75, 3.05) is 13.2 Å². The zero-order valence-corrected chi connectivity index (χ0v) is 10.5. The maximum Gasteiger partial charge on any atom is 0.407 e. The Bertz CT molecular complexity index is 340. The van der Waals surface area contributed by atoms with Gasteiger partial charge >= 0.3 is 6.18 Å². The van der Waals surface area contributed by atoms with Gasteiger partial charge in [-0.15, -0.1) is 0 Å². The number of hydrogen-bond acceptors (Lipinski definition) is 2. The molecule has 1 aromatic rings. The summed E-state index contributed by atoms with van der Waals surface area (Å²) in [6, 6.07) is 5.81. The van der Waals surface area contributed by atoms with Crippen molar-refractivity contribution in [3.63, 3.8) is 0 Å². The van der Waals surface area contributed by atoms with E-state index in [0.29, 0.717) is 6.61 Å². The highest BCUT2D eigenvalue weighted by atomic mass is 19.4.